The van der Waals surface area contributed by atoms with Crippen molar-refractivity contribution >= 4 is 23.2 Å². The fraction of sp³-hybridized carbons (Fsp3) is 0.333. The van der Waals surface area contributed by atoms with Gasteiger partial charge in [0.25, 0.3) is 0 Å². The van der Waals surface area contributed by atoms with Crippen LogP contribution >= 0.6 is 0 Å². The lowest BCUT2D eigenvalue weighted by Crippen LogP contribution is -2.51. The summed E-state index contributed by atoms with van der Waals surface area (Å²) in [5.41, 5.74) is 1.15. The van der Waals surface area contributed by atoms with Crippen molar-refractivity contribution in [1.82, 2.24) is 4.90 Å². The number of amides is 2. The van der Waals surface area contributed by atoms with E-state index in [4.69, 9.17) is 0 Å². The van der Waals surface area contributed by atoms with Crippen LogP contribution in [0.3, 0.4) is 0 Å². The molecule has 0 aliphatic carbocycles. The van der Waals surface area contributed by atoms with E-state index in [9.17, 15) is 18.4 Å². The second-order valence-corrected chi connectivity index (χ2v) is 7.15. The number of benzene rings is 2. The van der Waals surface area contributed by atoms with Crippen molar-refractivity contribution in [2.24, 2.45) is 5.92 Å². The number of carbonyl (C=O) groups excluding carboxylic acids is 2. The van der Waals surface area contributed by atoms with Crippen molar-refractivity contribution < 1.29 is 18.4 Å². The summed E-state index contributed by atoms with van der Waals surface area (Å²) in [6.07, 6.45) is 0.156. The topological polar surface area (TPSA) is 43.9 Å². The molecular formula is C21H21F2N3O2. The highest BCUT2D eigenvalue weighted by Gasteiger charge is 2.38. The Morgan fingerprint density at radius 1 is 0.929 bits per heavy atom. The zero-order chi connectivity index (χ0) is 19.7. The normalized spacial score (nSPS) is 20.0. The maximum atomic E-state index is 14.0. The van der Waals surface area contributed by atoms with Crippen molar-refractivity contribution in [3.63, 3.8) is 0 Å². The lowest BCUT2D eigenvalue weighted by atomic mass is 10.1. The fourth-order valence-electron chi connectivity index (χ4n) is 3.88. The molecule has 2 saturated heterocycles. The summed E-state index contributed by atoms with van der Waals surface area (Å²) in [5.74, 6) is -1.21. The molecule has 0 N–H and O–H groups in total. The van der Waals surface area contributed by atoms with Gasteiger partial charge in [0.2, 0.25) is 11.8 Å². The van der Waals surface area contributed by atoms with Crippen LogP contribution in [0.25, 0.3) is 0 Å². The quantitative estimate of drug-likeness (QED) is 0.816. The predicted molar refractivity (Wildman–Crippen MR) is 102 cm³/mol. The molecule has 1 atom stereocenters. The highest BCUT2D eigenvalue weighted by Crippen LogP contribution is 2.27. The van der Waals surface area contributed by atoms with Gasteiger partial charge in [0.05, 0.1) is 11.6 Å². The smallest absolute Gasteiger partial charge is 0.228 e. The summed E-state index contributed by atoms with van der Waals surface area (Å²) >= 11 is 0. The third-order valence-corrected chi connectivity index (χ3v) is 5.40. The van der Waals surface area contributed by atoms with Crippen LogP contribution < -0.4 is 9.80 Å². The molecule has 28 heavy (non-hydrogen) atoms. The largest absolute Gasteiger partial charge is 0.366 e. The molecule has 1 unspecified atom stereocenters. The number of rotatable bonds is 3. The molecule has 2 aliphatic rings. The van der Waals surface area contributed by atoms with E-state index in [0.29, 0.717) is 44.1 Å². The van der Waals surface area contributed by atoms with Gasteiger partial charge in [-0.25, -0.2) is 8.78 Å². The van der Waals surface area contributed by atoms with Gasteiger partial charge >= 0.3 is 0 Å². The highest BCUT2D eigenvalue weighted by atomic mass is 19.1. The van der Waals surface area contributed by atoms with Gasteiger partial charge in [-0.2, -0.15) is 0 Å². The zero-order valence-electron chi connectivity index (χ0n) is 15.4. The molecule has 2 aliphatic heterocycles. The maximum Gasteiger partial charge on any atom is 0.228 e. The summed E-state index contributed by atoms with van der Waals surface area (Å²) in [7, 11) is 0. The van der Waals surface area contributed by atoms with E-state index in [-0.39, 0.29) is 29.9 Å². The Bertz CT molecular complexity index is 879. The molecule has 5 nitrogen and oxygen atoms in total. The van der Waals surface area contributed by atoms with Crippen LogP contribution in [-0.4, -0.2) is 49.4 Å². The predicted octanol–water partition coefficient (Wildman–Crippen LogP) is 2.67. The Balaban J connectivity index is 1.37. The van der Waals surface area contributed by atoms with Crippen molar-refractivity contribution in [2.75, 3.05) is 42.5 Å². The number of nitrogens with zero attached hydrogens (tertiary/aromatic N) is 3. The van der Waals surface area contributed by atoms with Crippen molar-refractivity contribution in [3.05, 3.63) is 60.2 Å². The second kappa shape index (κ2) is 7.58. The summed E-state index contributed by atoms with van der Waals surface area (Å²) in [6.45, 7) is 2.39. The molecule has 146 valence electrons. The Morgan fingerprint density at radius 2 is 1.61 bits per heavy atom. The van der Waals surface area contributed by atoms with Gasteiger partial charge in [-0.05, 0) is 36.4 Å². The van der Waals surface area contributed by atoms with Crippen LogP contribution in [0, 0.1) is 17.6 Å². The van der Waals surface area contributed by atoms with Gasteiger partial charge in [0, 0.05) is 44.8 Å². The van der Waals surface area contributed by atoms with Gasteiger partial charge in [-0.1, -0.05) is 12.1 Å². The fourth-order valence-corrected chi connectivity index (χ4v) is 3.88. The Morgan fingerprint density at radius 3 is 2.29 bits per heavy atom. The second-order valence-electron chi connectivity index (χ2n) is 7.15. The minimum atomic E-state index is -0.405. The van der Waals surface area contributed by atoms with Crippen LogP contribution in [0.4, 0.5) is 20.2 Å². The molecule has 0 radical (unpaired) electrons. The third kappa shape index (κ3) is 3.56. The number of hydrogen-bond acceptors (Lipinski definition) is 3. The molecule has 0 spiro atoms. The van der Waals surface area contributed by atoms with E-state index >= 15 is 0 Å². The van der Waals surface area contributed by atoms with E-state index in [0.717, 1.165) is 0 Å². The average Bonchev–Trinajstić information content (AvgIpc) is 3.10. The molecule has 2 heterocycles. The van der Waals surface area contributed by atoms with Gasteiger partial charge in [-0.15, -0.1) is 0 Å². The third-order valence-electron chi connectivity index (χ3n) is 5.40. The number of anilines is 2. The molecule has 2 fully saturated rings. The molecule has 0 bridgehead atoms. The maximum absolute atomic E-state index is 14.0. The Kier molecular flexibility index (Phi) is 4.98. The first-order valence-corrected chi connectivity index (χ1v) is 9.37. The van der Waals surface area contributed by atoms with E-state index < -0.39 is 5.92 Å². The number of hydrogen-bond donors (Lipinski definition) is 0. The number of carbonyl (C=O) groups is 2. The number of halogens is 2. The van der Waals surface area contributed by atoms with Crippen LogP contribution in [0.1, 0.15) is 6.42 Å². The van der Waals surface area contributed by atoms with Crippen molar-refractivity contribution in [3.8, 4) is 0 Å². The van der Waals surface area contributed by atoms with Crippen molar-refractivity contribution in [2.45, 2.75) is 6.42 Å². The minimum absolute atomic E-state index is 0.0499. The molecule has 2 amide bonds. The first-order valence-electron chi connectivity index (χ1n) is 9.37. The van der Waals surface area contributed by atoms with E-state index in [1.54, 1.807) is 35.2 Å². The van der Waals surface area contributed by atoms with Crippen LogP contribution in [0.5, 0.6) is 0 Å². The minimum Gasteiger partial charge on any atom is -0.366 e. The molecule has 2 aromatic rings. The van der Waals surface area contributed by atoms with E-state index in [2.05, 4.69) is 0 Å². The molecular weight excluding hydrogens is 364 g/mol. The summed E-state index contributed by atoms with van der Waals surface area (Å²) in [5, 5.41) is 0. The van der Waals surface area contributed by atoms with Gasteiger partial charge in [0.15, 0.2) is 0 Å². The highest BCUT2D eigenvalue weighted by molar-refractivity contribution is 6.00. The molecule has 2 aromatic carbocycles. The van der Waals surface area contributed by atoms with E-state index in [1.807, 2.05) is 4.90 Å². The summed E-state index contributed by atoms with van der Waals surface area (Å²) in [6, 6.07) is 12.3. The van der Waals surface area contributed by atoms with E-state index in [1.165, 1.54) is 23.1 Å². The van der Waals surface area contributed by atoms with Crippen LogP contribution in [0.15, 0.2) is 48.5 Å². The van der Waals surface area contributed by atoms with Gasteiger partial charge in [-0.3, -0.25) is 9.59 Å². The molecule has 0 saturated carbocycles. The standard InChI is InChI=1S/C21H21F2N3O2/c22-16-5-7-17(8-6-16)26-14-15(13-20(26)27)21(28)25-11-9-24(10-12-25)19-4-2-1-3-18(19)23/h1-8,15H,9-14H2. The summed E-state index contributed by atoms with van der Waals surface area (Å²) < 4.78 is 27.1. The lowest BCUT2D eigenvalue weighted by molar-refractivity contribution is -0.136. The van der Waals surface area contributed by atoms with Crippen LogP contribution in [0.2, 0.25) is 0 Å². The number of piperazine rings is 1. The van der Waals surface area contributed by atoms with Crippen molar-refractivity contribution in [1.29, 1.82) is 0 Å². The monoisotopic (exact) mass is 385 g/mol. The summed E-state index contributed by atoms with van der Waals surface area (Å²) in [4.78, 5) is 30.5. The average molecular weight is 385 g/mol. The Hall–Kier alpha value is -2.96. The lowest BCUT2D eigenvalue weighted by Gasteiger charge is -2.37. The first kappa shape index (κ1) is 18.4. The van der Waals surface area contributed by atoms with Crippen LogP contribution in [-0.2, 0) is 9.59 Å². The number of para-hydroxylation sites is 1. The molecule has 0 aromatic heterocycles. The zero-order valence-corrected chi connectivity index (χ0v) is 15.4. The Labute approximate surface area is 162 Å². The molecule has 4 rings (SSSR count). The van der Waals surface area contributed by atoms with Gasteiger partial charge < -0.3 is 14.7 Å². The molecule has 7 heteroatoms. The van der Waals surface area contributed by atoms with Gasteiger partial charge in [0.1, 0.15) is 11.6 Å². The first-order chi connectivity index (χ1) is 13.5. The SMILES string of the molecule is O=C(C1CC(=O)N(c2ccc(F)cc2)C1)N1CCN(c2ccccc2F)CC1.